The van der Waals surface area contributed by atoms with E-state index < -0.39 is 22.0 Å². The highest BCUT2D eigenvalue weighted by atomic mass is 32.2. The van der Waals surface area contributed by atoms with E-state index in [1.54, 1.807) is 24.3 Å². The Morgan fingerprint density at radius 2 is 1.89 bits per heavy atom. The molecule has 0 spiro atoms. The summed E-state index contributed by atoms with van der Waals surface area (Å²) in [6.07, 6.45) is 0.276. The number of halogens is 2. The average molecular weight is 287 g/mol. The molecule has 1 aromatic carbocycles. The number of nitrogens with zero attached hydrogens (tertiary/aromatic N) is 3. The maximum absolute atomic E-state index is 12.3. The molecule has 0 N–H and O–H groups in total. The third-order valence-electron chi connectivity index (χ3n) is 2.08. The first kappa shape index (κ1) is 13.6. The smallest absolute Gasteiger partial charge is 0.300 e. The van der Waals surface area contributed by atoms with Crippen LogP contribution in [0.15, 0.2) is 33.2 Å². The summed E-state index contributed by atoms with van der Waals surface area (Å²) in [6, 6.07) is 6.39. The van der Waals surface area contributed by atoms with Gasteiger partial charge in [-0.15, -0.1) is 0 Å². The molecule has 19 heavy (non-hydrogen) atoms. The maximum Gasteiger partial charge on any atom is 0.300 e. The van der Waals surface area contributed by atoms with Crippen LogP contribution in [0.5, 0.6) is 0 Å². The van der Waals surface area contributed by atoms with E-state index in [0.717, 1.165) is 0 Å². The summed E-state index contributed by atoms with van der Waals surface area (Å²) in [5.74, 6) is -0.635. The van der Waals surface area contributed by atoms with Gasteiger partial charge in [0.25, 0.3) is 5.89 Å². The lowest BCUT2D eigenvalue weighted by Crippen LogP contribution is -1.89. The Kier molecular flexibility index (Phi) is 3.61. The maximum atomic E-state index is 12.3. The first-order chi connectivity index (χ1) is 8.85. The summed E-state index contributed by atoms with van der Waals surface area (Å²) < 4.78 is 44.9. The Hall–Kier alpha value is -1.83. The van der Waals surface area contributed by atoms with Gasteiger partial charge < -0.3 is 4.52 Å². The minimum Gasteiger partial charge on any atom is -0.334 e. The summed E-state index contributed by atoms with van der Waals surface area (Å²) in [7, 11) is -2.24. The van der Waals surface area contributed by atoms with Crippen molar-refractivity contribution in [3.05, 3.63) is 30.1 Å². The van der Waals surface area contributed by atoms with Crippen molar-refractivity contribution < 1.29 is 17.5 Å². The molecule has 2 aromatic rings. The molecule has 8 heteroatoms. The van der Waals surface area contributed by atoms with Crippen molar-refractivity contribution in [2.75, 3.05) is 12.5 Å². The topological polar surface area (TPSA) is 68.3 Å². The highest BCUT2D eigenvalue weighted by Crippen LogP contribution is 2.24. The van der Waals surface area contributed by atoms with Crippen LogP contribution >= 0.6 is 0 Å². The number of benzene rings is 1. The quantitative estimate of drug-likeness (QED) is 0.870. The zero-order valence-corrected chi connectivity index (χ0v) is 11.0. The highest BCUT2D eigenvalue weighted by Gasteiger charge is 2.16. The van der Waals surface area contributed by atoms with Gasteiger partial charge in [-0.05, 0) is 24.3 Å². The number of alkyl halides is 2. The van der Waals surface area contributed by atoms with Crippen molar-refractivity contribution >= 4 is 15.4 Å². The van der Waals surface area contributed by atoms with E-state index in [4.69, 9.17) is 4.52 Å². The van der Waals surface area contributed by atoms with Gasteiger partial charge >= 0.3 is 6.43 Å². The Labute approximate surface area is 108 Å². The molecule has 0 radical (unpaired) electrons. The second kappa shape index (κ2) is 5.04. The van der Waals surface area contributed by atoms with Gasteiger partial charge in [0, 0.05) is 27.8 Å². The zero-order chi connectivity index (χ0) is 14.0. The third kappa shape index (κ3) is 3.57. The van der Waals surface area contributed by atoms with Gasteiger partial charge in [0.2, 0.25) is 5.82 Å². The third-order valence-corrected chi connectivity index (χ3v) is 2.73. The minimum atomic E-state index is -2.77. The van der Waals surface area contributed by atoms with Crippen LogP contribution in [-0.4, -0.2) is 26.9 Å². The largest absolute Gasteiger partial charge is 0.334 e. The van der Waals surface area contributed by atoms with E-state index in [1.165, 1.54) is 12.5 Å². The highest BCUT2D eigenvalue weighted by molar-refractivity contribution is 7.92. The van der Waals surface area contributed by atoms with Crippen LogP contribution in [0.2, 0.25) is 0 Å². The predicted molar refractivity (Wildman–Crippen MR) is 66.8 cm³/mol. The Morgan fingerprint density at radius 1 is 1.26 bits per heavy atom. The number of rotatable bonds is 3. The standard InChI is InChI=1S/C11H11F2N3O2S/c1-19(2,17)16-8-5-3-7(4-6-8)11-14-10(9(12)13)15-18-11/h3-6,9H,1-2H3. The normalized spacial score (nSPS) is 11.8. The lowest BCUT2D eigenvalue weighted by atomic mass is 10.2. The molecule has 0 aliphatic heterocycles. The van der Waals surface area contributed by atoms with Crippen molar-refractivity contribution in [1.29, 1.82) is 0 Å². The minimum absolute atomic E-state index is 0.00980. The van der Waals surface area contributed by atoms with Crippen LogP contribution in [0, 0.1) is 0 Å². The van der Waals surface area contributed by atoms with Gasteiger partial charge in [0.1, 0.15) is 0 Å². The van der Waals surface area contributed by atoms with Crippen molar-refractivity contribution in [2.24, 2.45) is 4.36 Å². The summed E-state index contributed by atoms with van der Waals surface area (Å²) >= 11 is 0. The average Bonchev–Trinajstić information content (AvgIpc) is 2.77. The molecule has 0 aliphatic carbocycles. The molecule has 1 aromatic heterocycles. The van der Waals surface area contributed by atoms with Crippen molar-refractivity contribution in [3.63, 3.8) is 0 Å². The van der Waals surface area contributed by atoms with E-state index in [9.17, 15) is 13.0 Å². The van der Waals surface area contributed by atoms with Crippen LogP contribution in [0.1, 0.15) is 12.2 Å². The lowest BCUT2D eigenvalue weighted by Gasteiger charge is -1.98. The van der Waals surface area contributed by atoms with E-state index in [1.807, 2.05) is 0 Å². The molecule has 0 aliphatic rings. The monoisotopic (exact) mass is 287 g/mol. The van der Waals surface area contributed by atoms with Gasteiger partial charge in [-0.3, -0.25) is 0 Å². The molecule has 0 atom stereocenters. The molecule has 0 bridgehead atoms. The Bertz CT molecular complexity index is 680. The molecular formula is C11H11F2N3O2S. The van der Waals surface area contributed by atoms with Crippen LogP contribution in [0.25, 0.3) is 11.5 Å². The summed E-state index contributed by atoms with van der Waals surface area (Å²) in [5, 5.41) is 3.17. The number of hydrogen-bond acceptors (Lipinski definition) is 5. The van der Waals surface area contributed by atoms with Crippen molar-refractivity contribution in [1.82, 2.24) is 10.1 Å². The summed E-state index contributed by atoms with van der Waals surface area (Å²) in [5.41, 5.74) is 1.03. The molecule has 0 saturated heterocycles. The molecule has 0 amide bonds. The fraction of sp³-hybridized carbons (Fsp3) is 0.273. The Morgan fingerprint density at radius 3 is 2.37 bits per heavy atom. The summed E-state index contributed by atoms with van der Waals surface area (Å²) in [6.45, 7) is 0. The lowest BCUT2D eigenvalue weighted by molar-refractivity contribution is 0.136. The van der Waals surface area contributed by atoms with Crippen LogP contribution in [-0.2, 0) is 9.73 Å². The van der Waals surface area contributed by atoms with Crippen LogP contribution in [0.4, 0.5) is 14.5 Å². The fourth-order valence-electron chi connectivity index (χ4n) is 1.36. The predicted octanol–water partition coefficient (Wildman–Crippen LogP) is 3.03. The zero-order valence-electron chi connectivity index (χ0n) is 10.2. The van der Waals surface area contributed by atoms with E-state index in [0.29, 0.717) is 11.3 Å². The number of aromatic nitrogens is 2. The molecule has 5 nitrogen and oxygen atoms in total. The molecule has 0 fully saturated rings. The molecule has 102 valence electrons. The van der Waals surface area contributed by atoms with Crippen LogP contribution in [0.3, 0.4) is 0 Å². The van der Waals surface area contributed by atoms with Gasteiger partial charge in [0.15, 0.2) is 0 Å². The fourth-order valence-corrected chi connectivity index (χ4v) is 1.99. The second-order valence-corrected chi connectivity index (χ2v) is 6.62. The van der Waals surface area contributed by atoms with Gasteiger partial charge in [-0.2, -0.15) is 9.35 Å². The van der Waals surface area contributed by atoms with Gasteiger partial charge in [0.05, 0.1) is 5.69 Å². The first-order valence-corrected chi connectivity index (χ1v) is 7.57. The van der Waals surface area contributed by atoms with E-state index in [-0.39, 0.29) is 5.89 Å². The first-order valence-electron chi connectivity index (χ1n) is 5.24. The Balaban J connectivity index is 2.30. The molecule has 0 saturated carbocycles. The van der Waals surface area contributed by atoms with Crippen LogP contribution < -0.4 is 0 Å². The molecular weight excluding hydrogens is 276 g/mol. The van der Waals surface area contributed by atoms with Crippen molar-refractivity contribution in [3.8, 4) is 11.5 Å². The summed E-state index contributed by atoms with van der Waals surface area (Å²) in [4.78, 5) is 3.57. The van der Waals surface area contributed by atoms with E-state index in [2.05, 4.69) is 14.5 Å². The molecule has 0 unspecified atom stereocenters. The molecule has 2 rings (SSSR count). The molecule has 1 heterocycles. The van der Waals surface area contributed by atoms with Gasteiger partial charge in [-0.1, -0.05) is 5.16 Å². The van der Waals surface area contributed by atoms with Crippen molar-refractivity contribution in [2.45, 2.75) is 6.43 Å². The van der Waals surface area contributed by atoms with E-state index >= 15 is 0 Å². The second-order valence-electron chi connectivity index (χ2n) is 4.08. The van der Waals surface area contributed by atoms with Gasteiger partial charge in [-0.25, -0.2) is 13.0 Å². The number of hydrogen-bond donors (Lipinski definition) is 0. The SMILES string of the molecule is CS(C)(=O)=Nc1ccc(-c2nc(C(F)F)no2)cc1.